The number of carbonyl (C=O) groups excluding carboxylic acids is 2. The number of benzene rings is 3. The Morgan fingerprint density at radius 1 is 0.879 bits per heavy atom. The predicted molar refractivity (Wildman–Crippen MR) is 123 cm³/mol. The van der Waals surface area contributed by atoms with Crippen LogP contribution in [0.1, 0.15) is 27.0 Å². The van der Waals surface area contributed by atoms with Crippen LogP contribution in [0.2, 0.25) is 0 Å². The Balaban J connectivity index is 1.38. The van der Waals surface area contributed by atoms with Crippen molar-refractivity contribution in [2.45, 2.75) is 25.9 Å². The first-order valence-electron chi connectivity index (χ1n) is 10.7. The summed E-state index contributed by atoms with van der Waals surface area (Å²) in [4.78, 5) is 26.9. The number of fused-ring (bicyclic) bond motifs is 1. The zero-order valence-electron chi connectivity index (χ0n) is 18.1. The minimum absolute atomic E-state index is 0.245. The van der Waals surface area contributed by atoms with Crippen molar-refractivity contribution in [2.75, 3.05) is 0 Å². The second kappa shape index (κ2) is 8.35. The number of nitrogens with zero attached hydrogens (tertiary/aromatic N) is 3. The fourth-order valence-corrected chi connectivity index (χ4v) is 4.06. The highest BCUT2D eigenvalue weighted by Crippen LogP contribution is 2.27. The van der Waals surface area contributed by atoms with Crippen LogP contribution in [0, 0.1) is 6.92 Å². The first kappa shape index (κ1) is 20.6. The van der Waals surface area contributed by atoms with Crippen molar-refractivity contribution < 1.29 is 14.0 Å². The van der Waals surface area contributed by atoms with E-state index in [1.807, 2.05) is 55.5 Å². The molecular weight excluding hydrogens is 416 g/mol. The zero-order chi connectivity index (χ0) is 22.9. The highest BCUT2D eigenvalue weighted by atomic mass is 16.4. The molecule has 1 atom stereocenters. The van der Waals surface area contributed by atoms with Gasteiger partial charge in [-0.15, -0.1) is 10.2 Å². The van der Waals surface area contributed by atoms with E-state index in [4.69, 9.17) is 10.2 Å². The van der Waals surface area contributed by atoms with Crippen LogP contribution in [0.4, 0.5) is 0 Å². The summed E-state index contributed by atoms with van der Waals surface area (Å²) in [7, 11) is 0. The average molecular weight is 438 g/mol. The summed E-state index contributed by atoms with van der Waals surface area (Å²) in [5.74, 6) is 0.0441. The lowest BCUT2D eigenvalue weighted by molar-refractivity contribution is -0.122. The molecule has 2 amide bonds. The molecule has 7 nitrogen and oxygen atoms in total. The van der Waals surface area contributed by atoms with Gasteiger partial charge in [-0.1, -0.05) is 42.0 Å². The SMILES string of the molecule is Cc1ccc(-c2nnc(-c3ccc(C(=O)N4Cc5ccccc5C[C@H]4C(N)=O)cc3)o2)cc1. The Bertz CT molecular complexity index is 1330. The van der Waals surface area contributed by atoms with Crippen LogP contribution in [0.15, 0.2) is 77.2 Å². The first-order chi connectivity index (χ1) is 16.0. The maximum Gasteiger partial charge on any atom is 0.254 e. The molecule has 0 spiro atoms. The minimum Gasteiger partial charge on any atom is -0.416 e. The molecule has 0 aliphatic carbocycles. The van der Waals surface area contributed by atoms with Crippen LogP contribution in [-0.2, 0) is 17.8 Å². The highest BCUT2D eigenvalue weighted by molar-refractivity contribution is 5.98. The minimum atomic E-state index is -0.680. The van der Waals surface area contributed by atoms with Crippen LogP contribution >= 0.6 is 0 Å². The molecule has 1 aliphatic heterocycles. The summed E-state index contributed by atoms with van der Waals surface area (Å²) in [6.45, 7) is 2.36. The van der Waals surface area contributed by atoms with E-state index in [1.54, 1.807) is 29.2 Å². The maximum absolute atomic E-state index is 13.3. The Labute approximate surface area is 190 Å². The van der Waals surface area contributed by atoms with Gasteiger partial charge in [0.2, 0.25) is 17.7 Å². The van der Waals surface area contributed by atoms with Gasteiger partial charge in [0.1, 0.15) is 6.04 Å². The van der Waals surface area contributed by atoms with E-state index >= 15 is 0 Å². The summed E-state index contributed by atoms with van der Waals surface area (Å²) in [5, 5.41) is 8.27. The average Bonchev–Trinajstić information content (AvgIpc) is 3.33. The van der Waals surface area contributed by atoms with Crippen molar-refractivity contribution >= 4 is 11.8 Å². The van der Waals surface area contributed by atoms with E-state index in [2.05, 4.69) is 10.2 Å². The summed E-state index contributed by atoms with van der Waals surface area (Å²) in [6, 6.07) is 21.9. The molecule has 1 aliphatic rings. The van der Waals surface area contributed by atoms with Gasteiger partial charge in [-0.25, -0.2) is 0 Å². The number of aromatic nitrogens is 2. The Hall–Kier alpha value is -4.26. The third kappa shape index (κ3) is 4.01. The fraction of sp³-hybridized carbons (Fsp3) is 0.154. The quantitative estimate of drug-likeness (QED) is 0.523. The molecule has 1 aromatic heterocycles. The van der Waals surface area contributed by atoms with Gasteiger partial charge in [0, 0.05) is 29.7 Å². The monoisotopic (exact) mass is 438 g/mol. The topological polar surface area (TPSA) is 102 Å². The van der Waals surface area contributed by atoms with Crippen LogP contribution in [0.25, 0.3) is 22.9 Å². The lowest BCUT2D eigenvalue weighted by Crippen LogP contribution is -2.51. The number of hydrogen-bond donors (Lipinski definition) is 1. The van der Waals surface area contributed by atoms with Gasteiger partial charge in [-0.2, -0.15) is 0 Å². The van der Waals surface area contributed by atoms with Crippen molar-refractivity contribution in [1.29, 1.82) is 0 Å². The third-order valence-corrected chi connectivity index (χ3v) is 5.94. The molecule has 3 aromatic carbocycles. The van der Waals surface area contributed by atoms with E-state index < -0.39 is 11.9 Å². The predicted octanol–water partition coefficient (Wildman–Crippen LogP) is 3.76. The largest absolute Gasteiger partial charge is 0.416 e. The van der Waals surface area contributed by atoms with E-state index in [0.29, 0.717) is 35.9 Å². The first-order valence-corrected chi connectivity index (χ1v) is 10.7. The van der Waals surface area contributed by atoms with Crippen LogP contribution in [0.5, 0.6) is 0 Å². The van der Waals surface area contributed by atoms with Gasteiger partial charge >= 0.3 is 0 Å². The molecule has 5 rings (SSSR count). The van der Waals surface area contributed by atoms with Crippen LogP contribution < -0.4 is 5.73 Å². The summed E-state index contributed by atoms with van der Waals surface area (Å²) in [5.41, 5.74) is 10.8. The van der Waals surface area contributed by atoms with Crippen molar-refractivity contribution in [3.8, 4) is 22.9 Å². The number of primary amides is 1. The Kier molecular flexibility index (Phi) is 5.22. The molecule has 4 aromatic rings. The number of carbonyl (C=O) groups is 2. The smallest absolute Gasteiger partial charge is 0.254 e. The van der Waals surface area contributed by atoms with Crippen molar-refractivity contribution in [2.24, 2.45) is 5.73 Å². The lowest BCUT2D eigenvalue weighted by Gasteiger charge is -2.35. The summed E-state index contributed by atoms with van der Waals surface area (Å²) in [6.07, 6.45) is 0.416. The van der Waals surface area contributed by atoms with Gasteiger partial charge in [0.25, 0.3) is 5.91 Å². The number of hydrogen-bond acceptors (Lipinski definition) is 5. The second-order valence-electron chi connectivity index (χ2n) is 8.18. The molecule has 2 heterocycles. The molecule has 164 valence electrons. The molecule has 0 radical (unpaired) electrons. The van der Waals surface area contributed by atoms with Gasteiger partial charge in [-0.05, 0) is 54.4 Å². The standard InChI is InChI=1S/C26H22N4O3/c1-16-6-8-17(9-7-16)24-28-29-25(33-24)18-10-12-19(13-11-18)26(32)30-15-21-5-3-2-4-20(21)14-22(30)23(27)31/h2-13,22H,14-15H2,1H3,(H2,27,31)/t22-/m0/s1. The van der Waals surface area contributed by atoms with Crippen LogP contribution in [0.3, 0.4) is 0 Å². The molecule has 2 N–H and O–H groups in total. The van der Waals surface area contributed by atoms with Gasteiger partial charge in [0.15, 0.2) is 0 Å². The zero-order valence-corrected chi connectivity index (χ0v) is 18.1. The lowest BCUT2D eigenvalue weighted by atomic mass is 9.93. The van der Waals surface area contributed by atoms with E-state index in [1.165, 1.54) is 0 Å². The highest BCUT2D eigenvalue weighted by Gasteiger charge is 2.33. The van der Waals surface area contributed by atoms with E-state index in [9.17, 15) is 9.59 Å². The molecular formula is C26H22N4O3. The Morgan fingerprint density at radius 3 is 2.06 bits per heavy atom. The van der Waals surface area contributed by atoms with E-state index in [0.717, 1.165) is 22.3 Å². The number of amides is 2. The van der Waals surface area contributed by atoms with Crippen LogP contribution in [-0.4, -0.2) is 33.0 Å². The number of rotatable bonds is 4. The molecule has 33 heavy (non-hydrogen) atoms. The Morgan fingerprint density at radius 2 is 1.45 bits per heavy atom. The normalized spacial score (nSPS) is 15.2. The maximum atomic E-state index is 13.3. The van der Waals surface area contributed by atoms with E-state index in [-0.39, 0.29) is 5.91 Å². The summed E-state index contributed by atoms with van der Waals surface area (Å²) < 4.78 is 5.82. The molecule has 0 fully saturated rings. The van der Waals surface area contributed by atoms with Gasteiger partial charge in [-0.3, -0.25) is 9.59 Å². The van der Waals surface area contributed by atoms with Crippen molar-refractivity contribution in [1.82, 2.24) is 15.1 Å². The van der Waals surface area contributed by atoms with Crippen molar-refractivity contribution in [3.63, 3.8) is 0 Å². The molecule has 0 saturated carbocycles. The number of nitrogens with two attached hydrogens (primary N) is 1. The molecule has 0 saturated heterocycles. The van der Waals surface area contributed by atoms with Gasteiger partial charge < -0.3 is 15.1 Å². The summed E-state index contributed by atoms with van der Waals surface area (Å²) >= 11 is 0. The third-order valence-electron chi connectivity index (χ3n) is 5.94. The fourth-order valence-electron chi connectivity index (χ4n) is 4.06. The molecule has 0 bridgehead atoms. The van der Waals surface area contributed by atoms with Gasteiger partial charge in [0.05, 0.1) is 0 Å². The molecule has 7 heteroatoms. The molecule has 0 unspecified atom stereocenters. The second-order valence-corrected chi connectivity index (χ2v) is 8.18. The number of aryl methyl sites for hydroxylation is 1. The van der Waals surface area contributed by atoms with Crippen molar-refractivity contribution in [3.05, 3.63) is 95.1 Å².